The lowest BCUT2D eigenvalue weighted by Gasteiger charge is -2.27. The fourth-order valence-electron chi connectivity index (χ4n) is 4.61. The van der Waals surface area contributed by atoms with E-state index < -0.39 is 5.97 Å². The molecule has 3 aromatic heterocycles. The lowest BCUT2D eigenvalue weighted by molar-refractivity contribution is -0.143. The SMILES string of the molecule is Cc1nc(-c2nnn(C)c2Cn2nnnc2Cc2ccccc2)ccc1O[C@H]1CCC[C@H](C(=O)O)C1. The number of nitrogens with zero attached hydrogens (tertiary/aromatic N) is 8. The van der Waals surface area contributed by atoms with Crippen LogP contribution in [0.15, 0.2) is 42.5 Å². The van der Waals surface area contributed by atoms with Crippen LogP contribution in [-0.2, 0) is 24.8 Å². The molecule has 0 saturated heterocycles. The second-order valence-electron chi connectivity index (χ2n) is 9.15. The van der Waals surface area contributed by atoms with Gasteiger partial charge in [-0.2, -0.15) is 0 Å². The van der Waals surface area contributed by atoms with Crippen LogP contribution in [0.25, 0.3) is 11.4 Å². The van der Waals surface area contributed by atoms with Gasteiger partial charge in [0.25, 0.3) is 0 Å². The first-order valence-corrected chi connectivity index (χ1v) is 12.0. The summed E-state index contributed by atoms with van der Waals surface area (Å²) in [5.41, 5.74) is 3.99. The lowest BCUT2D eigenvalue weighted by Crippen LogP contribution is -2.29. The van der Waals surface area contributed by atoms with Crippen LogP contribution in [0.1, 0.15) is 48.5 Å². The van der Waals surface area contributed by atoms with Gasteiger partial charge in [-0.1, -0.05) is 35.5 Å². The topological polar surface area (TPSA) is 134 Å². The van der Waals surface area contributed by atoms with Crippen molar-refractivity contribution in [3.05, 3.63) is 65.2 Å². The molecule has 0 bridgehead atoms. The molecule has 0 amide bonds. The Kier molecular flexibility index (Phi) is 6.70. The van der Waals surface area contributed by atoms with Crippen molar-refractivity contribution in [1.82, 2.24) is 40.2 Å². The molecule has 1 aromatic carbocycles. The number of pyridine rings is 1. The van der Waals surface area contributed by atoms with Crippen LogP contribution >= 0.6 is 0 Å². The number of carbonyl (C=O) groups is 1. The first-order chi connectivity index (χ1) is 17.5. The molecule has 1 aliphatic carbocycles. The molecule has 3 heterocycles. The molecule has 11 heteroatoms. The number of rotatable bonds is 8. The summed E-state index contributed by atoms with van der Waals surface area (Å²) in [4.78, 5) is 16.1. The van der Waals surface area contributed by atoms with Crippen molar-refractivity contribution in [3.8, 4) is 17.1 Å². The van der Waals surface area contributed by atoms with Crippen LogP contribution < -0.4 is 4.74 Å². The second-order valence-corrected chi connectivity index (χ2v) is 9.15. The normalized spacial score (nSPS) is 17.7. The number of hydrogen-bond donors (Lipinski definition) is 1. The van der Waals surface area contributed by atoms with Gasteiger partial charge in [-0.25, -0.2) is 14.3 Å². The number of hydrogen-bond acceptors (Lipinski definition) is 8. The Morgan fingerprint density at radius 3 is 2.72 bits per heavy atom. The first kappa shape index (κ1) is 23.6. The van der Waals surface area contributed by atoms with Gasteiger partial charge in [0.15, 0.2) is 5.82 Å². The number of aryl methyl sites for hydroxylation is 2. The van der Waals surface area contributed by atoms with Crippen LogP contribution in [0, 0.1) is 12.8 Å². The van der Waals surface area contributed by atoms with Crippen molar-refractivity contribution in [2.24, 2.45) is 13.0 Å². The third kappa shape index (κ3) is 5.09. The van der Waals surface area contributed by atoms with Crippen molar-refractivity contribution < 1.29 is 14.6 Å². The van der Waals surface area contributed by atoms with E-state index in [0.29, 0.717) is 48.6 Å². The van der Waals surface area contributed by atoms with Gasteiger partial charge in [-0.3, -0.25) is 4.79 Å². The monoisotopic (exact) mass is 488 g/mol. The molecular formula is C25H28N8O3. The molecule has 11 nitrogen and oxygen atoms in total. The van der Waals surface area contributed by atoms with Gasteiger partial charge in [0.1, 0.15) is 11.4 Å². The zero-order valence-corrected chi connectivity index (χ0v) is 20.3. The smallest absolute Gasteiger partial charge is 0.306 e. The van der Waals surface area contributed by atoms with Gasteiger partial charge in [-0.15, -0.1) is 10.2 Å². The molecule has 2 atom stereocenters. The van der Waals surface area contributed by atoms with Crippen molar-refractivity contribution in [2.45, 2.75) is 51.7 Å². The molecule has 0 aliphatic heterocycles. The molecule has 0 radical (unpaired) electrons. The number of aromatic nitrogens is 8. The van der Waals surface area contributed by atoms with Crippen LogP contribution in [-0.4, -0.2) is 57.4 Å². The highest BCUT2D eigenvalue weighted by Gasteiger charge is 2.28. The fourth-order valence-corrected chi connectivity index (χ4v) is 4.61. The zero-order valence-electron chi connectivity index (χ0n) is 20.3. The van der Waals surface area contributed by atoms with Crippen LogP contribution in [0.2, 0.25) is 0 Å². The van der Waals surface area contributed by atoms with Crippen molar-refractivity contribution in [2.75, 3.05) is 0 Å². The maximum absolute atomic E-state index is 11.4. The minimum atomic E-state index is -0.752. The predicted octanol–water partition coefficient (Wildman–Crippen LogP) is 2.83. The summed E-state index contributed by atoms with van der Waals surface area (Å²) >= 11 is 0. The Labute approximate surface area is 208 Å². The minimum absolute atomic E-state index is 0.124. The zero-order chi connectivity index (χ0) is 25.1. The Morgan fingerprint density at radius 2 is 1.94 bits per heavy atom. The van der Waals surface area contributed by atoms with Crippen molar-refractivity contribution >= 4 is 5.97 Å². The van der Waals surface area contributed by atoms with E-state index in [1.807, 2.05) is 56.4 Å². The van der Waals surface area contributed by atoms with Gasteiger partial charge < -0.3 is 9.84 Å². The molecule has 1 N–H and O–H groups in total. The quantitative estimate of drug-likeness (QED) is 0.397. The van der Waals surface area contributed by atoms with Crippen LogP contribution in [0.3, 0.4) is 0 Å². The average Bonchev–Trinajstić information content (AvgIpc) is 3.47. The van der Waals surface area contributed by atoms with Gasteiger partial charge in [0.05, 0.1) is 35.6 Å². The molecule has 1 saturated carbocycles. The molecule has 4 aromatic rings. The molecule has 0 unspecified atom stereocenters. The highest BCUT2D eigenvalue weighted by molar-refractivity contribution is 5.70. The summed E-state index contributed by atoms with van der Waals surface area (Å²) < 4.78 is 9.61. The van der Waals surface area contributed by atoms with Crippen molar-refractivity contribution in [1.29, 1.82) is 0 Å². The third-order valence-electron chi connectivity index (χ3n) is 6.60. The number of ether oxygens (including phenoxy) is 1. The van der Waals surface area contributed by atoms with Gasteiger partial charge in [0.2, 0.25) is 0 Å². The average molecular weight is 489 g/mol. The summed E-state index contributed by atoms with van der Waals surface area (Å²) in [6.07, 6.45) is 3.40. The van der Waals surface area contributed by atoms with Crippen molar-refractivity contribution in [3.63, 3.8) is 0 Å². The molecule has 1 aliphatic rings. The first-order valence-electron chi connectivity index (χ1n) is 12.0. The van der Waals surface area contributed by atoms with E-state index >= 15 is 0 Å². The van der Waals surface area contributed by atoms with E-state index in [-0.39, 0.29) is 12.0 Å². The highest BCUT2D eigenvalue weighted by Crippen LogP contribution is 2.30. The van der Waals surface area contributed by atoms with Gasteiger partial charge in [0, 0.05) is 13.5 Å². The van der Waals surface area contributed by atoms with Crippen LogP contribution in [0.5, 0.6) is 5.75 Å². The molecule has 0 spiro atoms. The standard InChI is InChI=1S/C25H28N8O3/c1-16-22(36-19-10-6-9-18(14-19)25(34)35)12-11-20(26-16)24-21(32(2)30-28-24)15-33-23(27-29-31-33)13-17-7-4-3-5-8-17/h3-5,7-8,11-12,18-19H,6,9-10,13-15H2,1-2H3,(H,34,35)/t18-,19-/m0/s1. The number of aliphatic carboxylic acids is 1. The van der Waals surface area contributed by atoms with E-state index in [1.54, 1.807) is 9.36 Å². The summed E-state index contributed by atoms with van der Waals surface area (Å²) in [6, 6.07) is 13.8. The summed E-state index contributed by atoms with van der Waals surface area (Å²) in [5, 5.41) is 30.2. The summed E-state index contributed by atoms with van der Waals surface area (Å²) in [7, 11) is 1.83. The summed E-state index contributed by atoms with van der Waals surface area (Å²) in [5.74, 6) is 0.300. The number of carboxylic acid groups (broad SMARTS) is 1. The predicted molar refractivity (Wildman–Crippen MR) is 129 cm³/mol. The van der Waals surface area contributed by atoms with Gasteiger partial charge >= 0.3 is 5.97 Å². The molecular weight excluding hydrogens is 460 g/mol. The van der Waals surface area contributed by atoms with E-state index in [0.717, 1.165) is 29.9 Å². The van der Waals surface area contributed by atoms with E-state index in [9.17, 15) is 9.90 Å². The Hall–Kier alpha value is -4.15. The molecule has 186 valence electrons. The number of benzene rings is 1. The maximum atomic E-state index is 11.4. The van der Waals surface area contributed by atoms with E-state index in [4.69, 9.17) is 9.72 Å². The van der Waals surface area contributed by atoms with Crippen LogP contribution in [0.4, 0.5) is 0 Å². The largest absolute Gasteiger partial charge is 0.489 e. The Morgan fingerprint density at radius 1 is 1.11 bits per heavy atom. The number of carboxylic acids is 1. The van der Waals surface area contributed by atoms with E-state index in [2.05, 4.69) is 25.8 Å². The molecule has 5 rings (SSSR count). The molecule has 36 heavy (non-hydrogen) atoms. The van der Waals surface area contributed by atoms with E-state index in [1.165, 1.54) is 0 Å². The minimum Gasteiger partial charge on any atom is -0.489 e. The highest BCUT2D eigenvalue weighted by atomic mass is 16.5. The Balaban J connectivity index is 1.34. The number of tetrazole rings is 1. The van der Waals surface area contributed by atoms with Gasteiger partial charge in [-0.05, 0) is 60.7 Å². The molecule has 1 fully saturated rings. The summed E-state index contributed by atoms with van der Waals surface area (Å²) in [6.45, 7) is 2.28. The lowest BCUT2D eigenvalue weighted by atomic mass is 9.87. The fraction of sp³-hybridized carbons (Fsp3) is 0.400. The third-order valence-corrected chi connectivity index (χ3v) is 6.60. The second kappa shape index (κ2) is 10.2. The maximum Gasteiger partial charge on any atom is 0.306 e. The Bertz CT molecular complexity index is 1350.